The molecule has 0 saturated carbocycles. The Morgan fingerprint density at radius 3 is 2.07 bits per heavy atom. The van der Waals surface area contributed by atoms with Gasteiger partial charge >= 0.3 is 11.9 Å². The second-order valence-electron chi connectivity index (χ2n) is 7.82. The summed E-state index contributed by atoms with van der Waals surface area (Å²) in [5.41, 5.74) is 1.18. The number of hydrogen-bond donors (Lipinski definition) is 1. The lowest BCUT2D eigenvalue weighted by molar-refractivity contribution is 0.0420. The van der Waals surface area contributed by atoms with Gasteiger partial charge in [-0.15, -0.1) is 0 Å². The van der Waals surface area contributed by atoms with E-state index in [2.05, 4.69) is 27.7 Å². The van der Waals surface area contributed by atoms with Crippen LogP contribution in [-0.4, -0.2) is 23.7 Å². The minimum atomic E-state index is -1.08. The molecule has 0 bridgehead atoms. The number of esters is 1. The van der Waals surface area contributed by atoms with E-state index in [1.165, 1.54) is 12.8 Å². The van der Waals surface area contributed by atoms with Gasteiger partial charge in [0.25, 0.3) is 0 Å². The number of carboxylic acid groups (broad SMARTS) is 1. The van der Waals surface area contributed by atoms with E-state index >= 15 is 0 Å². The molecule has 0 fully saturated rings. The van der Waals surface area contributed by atoms with Crippen molar-refractivity contribution in [3.05, 3.63) is 34.9 Å². The Bertz CT molecular complexity index is 609. The second-order valence-corrected chi connectivity index (χ2v) is 7.82. The van der Waals surface area contributed by atoms with Crippen LogP contribution < -0.4 is 0 Å². The Morgan fingerprint density at radius 1 is 0.929 bits per heavy atom. The molecule has 0 saturated heterocycles. The van der Waals surface area contributed by atoms with Crippen molar-refractivity contribution in [1.82, 2.24) is 0 Å². The molecule has 0 aliphatic heterocycles. The SMILES string of the molecule is CCCCC(CC)COC(=O)c1ccc(CC(CC)CCCC)cc1C(=O)O. The predicted octanol–water partition coefficient (Wildman–Crippen LogP) is 6.52. The lowest BCUT2D eigenvalue weighted by atomic mass is 9.90. The fourth-order valence-electron chi connectivity index (χ4n) is 3.52. The van der Waals surface area contributed by atoms with Gasteiger partial charge in [-0.2, -0.15) is 0 Å². The van der Waals surface area contributed by atoms with E-state index in [0.717, 1.165) is 50.5 Å². The Hall–Kier alpha value is -1.84. The average Bonchev–Trinajstić information content (AvgIpc) is 2.70. The van der Waals surface area contributed by atoms with E-state index in [1.807, 2.05) is 6.07 Å². The maximum Gasteiger partial charge on any atom is 0.339 e. The Morgan fingerprint density at radius 2 is 1.54 bits per heavy atom. The molecule has 0 aliphatic carbocycles. The molecule has 0 amide bonds. The third-order valence-corrected chi connectivity index (χ3v) is 5.60. The zero-order chi connectivity index (χ0) is 20.9. The summed E-state index contributed by atoms with van der Waals surface area (Å²) in [7, 11) is 0. The van der Waals surface area contributed by atoms with Crippen molar-refractivity contribution < 1.29 is 19.4 Å². The minimum absolute atomic E-state index is 0.0504. The molecule has 1 aromatic carbocycles. The highest BCUT2D eigenvalue weighted by molar-refractivity contribution is 6.02. The van der Waals surface area contributed by atoms with Crippen LogP contribution in [0.5, 0.6) is 0 Å². The van der Waals surface area contributed by atoms with Gasteiger partial charge in [0.2, 0.25) is 0 Å². The molecule has 158 valence electrons. The summed E-state index contributed by atoms with van der Waals surface area (Å²) in [5.74, 6) is -0.728. The first-order valence-corrected chi connectivity index (χ1v) is 11.0. The number of benzene rings is 1. The third-order valence-electron chi connectivity index (χ3n) is 5.60. The highest BCUT2D eigenvalue weighted by Gasteiger charge is 2.20. The van der Waals surface area contributed by atoms with Crippen molar-refractivity contribution in [2.75, 3.05) is 6.61 Å². The number of carbonyl (C=O) groups is 2. The third kappa shape index (κ3) is 8.04. The number of rotatable bonds is 14. The second kappa shape index (κ2) is 13.4. The summed E-state index contributed by atoms with van der Waals surface area (Å²) < 4.78 is 5.46. The topological polar surface area (TPSA) is 63.6 Å². The molecule has 0 aliphatic rings. The van der Waals surface area contributed by atoms with Gasteiger partial charge in [-0.1, -0.05) is 78.7 Å². The van der Waals surface area contributed by atoms with E-state index in [-0.39, 0.29) is 11.1 Å². The highest BCUT2D eigenvalue weighted by Crippen LogP contribution is 2.22. The van der Waals surface area contributed by atoms with Crippen molar-refractivity contribution >= 4 is 11.9 Å². The first kappa shape index (κ1) is 24.2. The number of unbranched alkanes of at least 4 members (excludes halogenated alkanes) is 2. The molecule has 1 aromatic rings. The Labute approximate surface area is 170 Å². The Balaban J connectivity index is 2.85. The number of hydrogen-bond acceptors (Lipinski definition) is 3. The molecule has 0 aromatic heterocycles. The molecule has 1 rings (SSSR count). The molecular formula is C24H38O4. The van der Waals surface area contributed by atoms with Crippen molar-refractivity contribution in [2.24, 2.45) is 11.8 Å². The lowest BCUT2D eigenvalue weighted by Crippen LogP contribution is -2.17. The summed E-state index contributed by atoms with van der Waals surface area (Å²) in [6.07, 6.45) is 9.63. The number of carbonyl (C=O) groups excluding carboxylic acids is 1. The van der Waals surface area contributed by atoms with E-state index < -0.39 is 11.9 Å². The summed E-state index contributed by atoms with van der Waals surface area (Å²) in [6.45, 7) is 8.94. The molecule has 4 heteroatoms. The molecule has 28 heavy (non-hydrogen) atoms. The van der Waals surface area contributed by atoms with Gasteiger partial charge in [0, 0.05) is 0 Å². The van der Waals surface area contributed by atoms with Gasteiger partial charge in [0.15, 0.2) is 0 Å². The maximum absolute atomic E-state index is 12.5. The number of aromatic carboxylic acids is 1. The van der Waals surface area contributed by atoms with Crippen LogP contribution in [0.15, 0.2) is 18.2 Å². The molecule has 0 spiro atoms. The number of ether oxygens (including phenoxy) is 1. The summed E-state index contributed by atoms with van der Waals surface area (Å²) in [6, 6.07) is 5.16. The van der Waals surface area contributed by atoms with Gasteiger partial charge in [-0.25, -0.2) is 9.59 Å². The zero-order valence-electron chi connectivity index (χ0n) is 18.1. The molecule has 1 N–H and O–H groups in total. The first-order chi connectivity index (χ1) is 13.5. The Kier molecular flexibility index (Phi) is 11.5. The standard InChI is InChI=1S/C24H38O4/c1-5-9-11-18(7-3)15-20-13-14-21(22(16-20)23(25)26)24(27)28-17-19(8-4)12-10-6-2/h13-14,16,18-19H,5-12,15,17H2,1-4H3,(H,25,26). The normalized spacial score (nSPS) is 13.1. The average molecular weight is 391 g/mol. The van der Waals surface area contributed by atoms with Crippen LogP contribution in [0.4, 0.5) is 0 Å². The van der Waals surface area contributed by atoms with Crippen LogP contribution in [0.3, 0.4) is 0 Å². The van der Waals surface area contributed by atoms with Crippen LogP contribution in [-0.2, 0) is 11.2 Å². The van der Waals surface area contributed by atoms with Gasteiger partial charge < -0.3 is 9.84 Å². The summed E-state index contributed by atoms with van der Waals surface area (Å²) >= 11 is 0. The van der Waals surface area contributed by atoms with Gasteiger partial charge in [0.1, 0.15) is 0 Å². The van der Waals surface area contributed by atoms with Crippen molar-refractivity contribution in [3.63, 3.8) is 0 Å². The molecule has 0 radical (unpaired) electrons. The molecule has 2 unspecified atom stereocenters. The van der Waals surface area contributed by atoms with E-state index in [1.54, 1.807) is 12.1 Å². The van der Waals surface area contributed by atoms with Crippen LogP contribution in [0.1, 0.15) is 105 Å². The van der Waals surface area contributed by atoms with E-state index in [9.17, 15) is 14.7 Å². The fraction of sp³-hybridized carbons (Fsp3) is 0.667. The maximum atomic E-state index is 12.5. The molecular weight excluding hydrogens is 352 g/mol. The number of carboxylic acids is 1. The lowest BCUT2D eigenvalue weighted by Gasteiger charge is -2.17. The zero-order valence-corrected chi connectivity index (χ0v) is 18.1. The first-order valence-electron chi connectivity index (χ1n) is 11.0. The van der Waals surface area contributed by atoms with Crippen molar-refractivity contribution in [3.8, 4) is 0 Å². The van der Waals surface area contributed by atoms with Gasteiger partial charge in [-0.3, -0.25) is 0 Å². The van der Waals surface area contributed by atoms with Gasteiger partial charge in [-0.05, 0) is 42.4 Å². The van der Waals surface area contributed by atoms with Crippen molar-refractivity contribution in [1.29, 1.82) is 0 Å². The van der Waals surface area contributed by atoms with Gasteiger partial charge in [0.05, 0.1) is 17.7 Å². The smallest absolute Gasteiger partial charge is 0.339 e. The highest BCUT2D eigenvalue weighted by atomic mass is 16.5. The molecule has 4 nitrogen and oxygen atoms in total. The summed E-state index contributed by atoms with van der Waals surface area (Å²) in [5, 5.41) is 9.60. The largest absolute Gasteiger partial charge is 0.478 e. The van der Waals surface area contributed by atoms with Crippen LogP contribution in [0.2, 0.25) is 0 Å². The van der Waals surface area contributed by atoms with E-state index in [4.69, 9.17) is 4.74 Å². The van der Waals surface area contributed by atoms with Crippen LogP contribution in [0, 0.1) is 11.8 Å². The van der Waals surface area contributed by atoms with Crippen LogP contribution in [0.25, 0.3) is 0 Å². The monoisotopic (exact) mass is 390 g/mol. The fourth-order valence-corrected chi connectivity index (χ4v) is 3.52. The van der Waals surface area contributed by atoms with Crippen LogP contribution >= 0.6 is 0 Å². The predicted molar refractivity (Wildman–Crippen MR) is 114 cm³/mol. The molecule has 0 heterocycles. The molecule has 2 atom stereocenters. The minimum Gasteiger partial charge on any atom is -0.478 e. The quantitative estimate of drug-likeness (QED) is 0.367. The van der Waals surface area contributed by atoms with E-state index in [0.29, 0.717) is 18.4 Å². The summed E-state index contributed by atoms with van der Waals surface area (Å²) in [4.78, 5) is 24.2. The van der Waals surface area contributed by atoms with Crippen molar-refractivity contribution in [2.45, 2.75) is 85.5 Å².